The predicted octanol–water partition coefficient (Wildman–Crippen LogP) is 2.79. The molecule has 0 bridgehead atoms. The van der Waals surface area contributed by atoms with Crippen LogP contribution in [0.1, 0.15) is 24.2 Å². The highest BCUT2D eigenvalue weighted by atomic mass is 79.9. The number of carbonyl (C=O) groups is 1. The van der Waals surface area contributed by atoms with Crippen LogP contribution in [0.2, 0.25) is 0 Å². The Kier molecular flexibility index (Phi) is 4.07. The van der Waals surface area contributed by atoms with E-state index in [9.17, 15) is 4.79 Å². The summed E-state index contributed by atoms with van der Waals surface area (Å²) in [7, 11) is 2.15. The quantitative estimate of drug-likeness (QED) is 0.785. The molecule has 98 valence electrons. The van der Waals surface area contributed by atoms with E-state index in [1.807, 2.05) is 12.1 Å². The van der Waals surface area contributed by atoms with Crippen molar-refractivity contribution in [2.75, 3.05) is 31.6 Å². The van der Waals surface area contributed by atoms with Crippen LogP contribution >= 0.6 is 15.9 Å². The number of nitrogens with zero attached hydrogens (tertiary/aromatic N) is 2. The summed E-state index contributed by atoms with van der Waals surface area (Å²) in [5.41, 5.74) is 1.87. The van der Waals surface area contributed by atoms with Gasteiger partial charge in [0.25, 0.3) is 0 Å². The molecule has 0 saturated carbocycles. The molecule has 1 atom stereocenters. The van der Waals surface area contributed by atoms with E-state index in [4.69, 9.17) is 0 Å². The third-order valence-corrected chi connectivity index (χ3v) is 4.13. The summed E-state index contributed by atoms with van der Waals surface area (Å²) in [6.45, 7) is 6.82. The summed E-state index contributed by atoms with van der Waals surface area (Å²) >= 11 is 3.49. The number of piperazine rings is 1. The van der Waals surface area contributed by atoms with Crippen LogP contribution in [0.5, 0.6) is 0 Å². The number of likely N-dealkylation sites (N-methyl/N-ethyl adjacent to an activating group) is 1. The van der Waals surface area contributed by atoms with Crippen molar-refractivity contribution in [3.05, 3.63) is 28.2 Å². The second-order valence-electron chi connectivity index (χ2n) is 4.99. The largest absolute Gasteiger partial charge is 0.368 e. The number of benzene rings is 1. The number of Topliss-reactive ketones (excluding diaryl/α,β-unsaturated/α-hetero) is 1. The molecule has 0 N–H and O–H groups in total. The molecule has 1 unspecified atom stereocenters. The number of halogens is 1. The molecular weight excluding hydrogens is 292 g/mol. The Hall–Kier alpha value is -0.870. The van der Waals surface area contributed by atoms with Gasteiger partial charge in [0, 0.05) is 41.4 Å². The molecule has 1 aromatic rings. The van der Waals surface area contributed by atoms with Crippen LogP contribution in [0.4, 0.5) is 5.69 Å². The normalized spacial score (nSPS) is 21.1. The molecule has 1 aliphatic rings. The monoisotopic (exact) mass is 310 g/mol. The van der Waals surface area contributed by atoms with Crippen molar-refractivity contribution in [3.63, 3.8) is 0 Å². The summed E-state index contributed by atoms with van der Waals surface area (Å²) in [5.74, 6) is 0.129. The van der Waals surface area contributed by atoms with E-state index >= 15 is 0 Å². The Labute approximate surface area is 117 Å². The Balaban J connectivity index is 2.32. The molecule has 1 fully saturated rings. The van der Waals surface area contributed by atoms with Gasteiger partial charge in [-0.2, -0.15) is 0 Å². The van der Waals surface area contributed by atoms with E-state index in [2.05, 4.69) is 45.8 Å². The first-order valence-corrected chi connectivity index (χ1v) is 7.04. The van der Waals surface area contributed by atoms with Gasteiger partial charge in [-0.15, -0.1) is 0 Å². The number of carbonyl (C=O) groups excluding carboxylic acids is 1. The van der Waals surface area contributed by atoms with Crippen LogP contribution in [0.3, 0.4) is 0 Å². The molecular formula is C14H19BrN2O. The van der Waals surface area contributed by atoms with Gasteiger partial charge in [0.1, 0.15) is 0 Å². The minimum atomic E-state index is 0.129. The van der Waals surface area contributed by atoms with Crippen molar-refractivity contribution in [2.24, 2.45) is 0 Å². The highest BCUT2D eigenvalue weighted by Crippen LogP contribution is 2.27. The van der Waals surface area contributed by atoms with Crippen molar-refractivity contribution in [1.29, 1.82) is 0 Å². The summed E-state index contributed by atoms with van der Waals surface area (Å²) in [5, 5.41) is 0. The fraction of sp³-hybridized carbons (Fsp3) is 0.500. The summed E-state index contributed by atoms with van der Waals surface area (Å²) in [6.07, 6.45) is 0. The van der Waals surface area contributed by atoms with Gasteiger partial charge in [-0.25, -0.2) is 0 Å². The molecule has 1 saturated heterocycles. The number of hydrogen-bond acceptors (Lipinski definition) is 3. The Morgan fingerprint density at radius 2 is 2.11 bits per heavy atom. The van der Waals surface area contributed by atoms with E-state index in [0.29, 0.717) is 6.04 Å². The third-order valence-electron chi connectivity index (χ3n) is 3.64. The van der Waals surface area contributed by atoms with Crippen molar-refractivity contribution in [1.82, 2.24) is 4.90 Å². The molecule has 2 rings (SSSR count). The molecule has 1 aliphatic heterocycles. The maximum absolute atomic E-state index is 11.7. The number of anilines is 1. The number of hydrogen-bond donors (Lipinski definition) is 0. The first kappa shape index (κ1) is 13.6. The maximum atomic E-state index is 11.7. The van der Waals surface area contributed by atoms with Gasteiger partial charge in [0.05, 0.1) is 0 Å². The van der Waals surface area contributed by atoms with Crippen LogP contribution in [0.25, 0.3) is 0 Å². The number of rotatable bonds is 2. The van der Waals surface area contributed by atoms with Gasteiger partial charge < -0.3 is 9.80 Å². The first-order valence-electron chi connectivity index (χ1n) is 6.24. The van der Waals surface area contributed by atoms with Gasteiger partial charge in [0.15, 0.2) is 5.78 Å². The van der Waals surface area contributed by atoms with E-state index in [0.717, 1.165) is 35.4 Å². The second-order valence-corrected chi connectivity index (χ2v) is 5.91. The topological polar surface area (TPSA) is 23.6 Å². The lowest BCUT2D eigenvalue weighted by molar-refractivity contribution is 0.101. The van der Waals surface area contributed by atoms with Crippen LogP contribution in [-0.2, 0) is 0 Å². The lowest BCUT2D eigenvalue weighted by Crippen LogP contribution is -2.50. The Morgan fingerprint density at radius 3 is 2.72 bits per heavy atom. The van der Waals surface area contributed by atoms with Gasteiger partial charge in [-0.1, -0.05) is 15.9 Å². The van der Waals surface area contributed by atoms with Gasteiger partial charge in [-0.3, -0.25) is 4.79 Å². The SMILES string of the molecule is CC(=O)c1ccc(Br)cc1N1CCN(C)C(C)C1. The van der Waals surface area contributed by atoms with Crippen molar-refractivity contribution >= 4 is 27.4 Å². The maximum Gasteiger partial charge on any atom is 0.161 e. The molecule has 4 heteroatoms. The van der Waals surface area contributed by atoms with E-state index in [1.54, 1.807) is 6.92 Å². The minimum Gasteiger partial charge on any atom is -0.368 e. The lowest BCUT2D eigenvalue weighted by Gasteiger charge is -2.39. The van der Waals surface area contributed by atoms with Gasteiger partial charge in [-0.05, 0) is 39.1 Å². The first-order chi connectivity index (χ1) is 8.49. The molecule has 0 amide bonds. The second kappa shape index (κ2) is 5.41. The Bertz CT molecular complexity index is 461. The van der Waals surface area contributed by atoms with E-state index in [1.165, 1.54) is 0 Å². The van der Waals surface area contributed by atoms with Crippen LogP contribution in [-0.4, -0.2) is 43.4 Å². The van der Waals surface area contributed by atoms with Crippen LogP contribution < -0.4 is 4.90 Å². The zero-order valence-corrected chi connectivity index (χ0v) is 12.7. The zero-order chi connectivity index (χ0) is 13.3. The highest BCUT2D eigenvalue weighted by Gasteiger charge is 2.23. The predicted molar refractivity (Wildman–Crippen MR) is 78.5 cm³/mol. The van der Waals surface area contributed by atoms with Crippen molar-refractivity contribution in [3.8, 4) is 0 Å². The summed E-state index contributed by atoms with van der Waals surface area (Å²) in [4.78, 5) is 16.4. The molecule has 1 heterocycles. The molecule has 0 aliphatic carbocycles. The minimum absolute atomic E-state index is 0.129. The third kappa shape index (κ3) is 2.75. The van der Waals surface area contributed by atoms with E-state index < -0.39 is 0 Å². The average molecular weight is 311 g/mol. The average Bonchev–Trinajstić information content (AvgIpc) is 2.32. The van der Waals surface area contributed by atoms with E-state index in [-0.39, 0.29) is 5.78 Å². The smallest absolute Gasteiger partial charge is 0.161 e. The highest BCUT2D eigenvalue weighted by molar-refractivity contribution is 9.10. The molecule has 1 aromatic carbocycles. The zero-order valence-electron chi connectivity index (χ0n) is 11.1. The van der Waals surface area contributed by atoms with Gasteiger partial charge in [0.2, 0.25) is 0 Å². The van der Waals surface area contributed by atoms with Crippen LogP contribution in [0, 0.1) is 0 Å². The fourth-order valence-corrected chi connectivity index (χ4v) is 2.68. The molecule has 0 radical (unpaired) electrons. The summed E-state index contributed by atoms with van der Waals surface area (Å²) in [6, 6.07) is 6.40. The Morgan fingerprint density at radius 1 is 1.39 bits per heavy atom. The van der Waals surface area contributed by atoms with Crippen LogP contribution in [0.15, 0.2) is 22.7 Å². The molecule has 3 nitrogen and oxygen atoms in total. The molecule has 0 aromatic heterocycles. The van der Waals surface area contributed by atoms with Gasteiger partial charge >= 0.3 is 0 Å². The molecule has 18 heavy (non-hydrogen) atoms. The standard InChI is InChI=1S/C14H19BrN2O/c1-10-9-17(7-6-16(10)3)14-8-12(15)4-5-13(14)11(2)18/h4-5,8,10H,6-7,9H2,1-3H3. The van der Waals surface area contributed by atoms with Crippen molar-refractivity contribution in [2.45, 2.75) is 19.9 Å². The number of ketones is 1. The molecule has 0 spiro atoms. The summed E-state index contributed by atoms with van der Waals surface area (Å²) < 4.78 is 1.02. The lowest BCUT2D eigenvalue weighted by atomic mass is 10.1. The van der Waals surface area contributed by atoms with Crippen molar-refractivity contribution < 1.29 is 4.79 Å². The fourth-order valence-electron chi connectivity index (χ4n) is 2.33.